The summed E-state index contributed by atoms with van der Waals surface area (Å²) in [7, 11) is 4.01. The SMILES string of the molecule is CCC(C)N(C)CCNC(=NC)NC1CC2CCC1O2. The Morgan fingerprint density at radius 2 is 2.25 bits per heavy atom. The molecule has 4 unspecified atom stereocenters. The van der Waals surface area contributed by atoms with E-state index < -0.39 is 0 Å². The topological polar surface area (TPSA) is 48.9 Å². The summed E-state index contributed by atoms with van der Waals surface area (Å²) in [5.41, 5.74) is 0. The average molecular weight is 282 g/mol. The van der Waals surface area contributed by atoms with Gasteiger partial charge in [0.15, 0.2) is 5.96 Å². The molecule has 5 nitrogen and oxygen atoms in total. The molecule has 116 valence electrons. The van der Waals surface area contributed by atoms with Crippen molar-refractivity contribution >= 4 is 5.96 Å². The smallest absolute Gasteiger partial charge is 0.191 e. The van der Waals surface area contributed by atoms with Crippen LogP contribution < -0.4 is 10.6 Å². The van der Waals surface area contributed by atoms with Crippen molar-refractivity contribution in [3.8, 4) is 0 Å². The molecule has 0 amide bonds. The lowest BCUT2D eigenvalue weighted by Crippen LogP contribution is -2.49. The van der Waals surface area contributed by atoms with Gasteiger partial charge in [-0.3, -0.25) is 4.99 Å². The van der Waals surface area contributed by atoms with Gasteiger partial charge in [0.2, 0.25) is 0 Å². The molecule has 20 heavy (non-hydrogen) atoms. The zero-order valence-electron chi connectivity index (χ0n) is 13.4. The molecule has 2 N–H and O–H groups in total. The van der Waals surface area contributed by atoms with E-state index in [2.05, 4.69) is 41.4 Å². The molecule has 0 aromatic carbocycles. The zero-order valence-corrected chi connectivity index (χ0v) is 13.4. The molecule has 0 aliphatic carbocycles. The first kappa shape index (κ1) is 15.6. The standard InChI is InChI=1S/C15H30N4O/c1-5-11(2)19(4)9-8-17-15(16-3)18-13-10-12-6-7-14(13)20-12/h11-14H,5-10H2,1-4H3,(H2,16,17,18). The first-order valence-electron chi connectivity index (χ1n) is 7.97. The summed E-state index contributed by atoms with van der Waals surface area (Å²) in [6, 6.07) is 1.07. The lowest BCUT2D eigenvalue weighted by atomic mass is 9.96. The Labute approximate surface area is 123 Å². The molecule has 2 heterocycles. The van der Waals surface area contributed by atoms with Gasteiger partial charge >= 0.3 is 0 Å². The predicted molar refractivity (Wildman–Crippen MR) is 83.2 cm³/mol. The minimum atomic E-state index is 0.390. The number of nitrogens with zero attached hydrogens (tertiary/aromatic N) is 2. The summed E-state index contributed by atoms with van der Waals surface area (Å²) in [5, 5.41) is 6.92. The third-order valence-corrected chi connectivity index (χ3v) is 4.75. The fourth-order valence-corrected chi connectivity index (χ4v) is 3.04. The molecule has 0 radical (unpaired) electrons. The number of ether oxygens (including phenoxy) is 1. The molecule has 2 saturated heterocycles. The zero-order chi connectivity index (χ0) is 14.5. The van der Waals surface area contributed by atoms with Gasteiger partial charge in [0.05, 0.1) is 18.2 Å². The Morgan fingerprint density at radius 3 is 2.80 bits per heavy atom. The van der Waals surface area contributed by atoms with Crippen LogP contribution in [0.1, 0.15) is 39.5 Å². The van der Waals surface area contributed by atoms with Crippen LogP contribution in [0.5, 0.6) is 0 Å². The third-order valence-electron chi connectivity index (χ3n) is 4.75. The van der Waals surface area contributed by atoms with Crippen molar-refractivity contribution in [2.45, 2.75) is 63.8 Å². The van der Waals surface area contributed by atoms with Crippen LogP contribution in [0.3, 0.4) is 0 Å². The van der Waals surface area contributed by atoms with Gasteiger partial charge < -0.3 is 20.3 Å². The molecule has 2 bridgehead atoms. The first-order chi connectivity index (χ1) is 9.63. The number of guanidine groups is 1. The average Bonchev–Trinajstić information content (AvgIpc) is 3.07. The minimum Gasteiger partial charge on any atom is -0.373 e. The predicted octanol–water partition coefficient (Wildman–Crippen LogP) is 1.20. The van der Waals surface area contributed by atoms with Crippen molar-refractivity contribution in [2.24, 2.45) is 4.99 Å². The van der Waals surface area contributed by atoms with E-state index in [0.29, 0.717) is 24.3 Å². The molecule has 4 atom stereocenters. The monoisotopic (exact) mass is 282 g/mol. The lowest BCUT2D eigenvalue weighted by Gasteiger charge is -2.25. The van der Waals surface area contributed by atoms with E-state index in [-0.39, 0.29) is 0 Å². The molecule has 0 aromatic rings. The number of nitrogens with one attached hydrogen (secondary N) is 2. The number of likely N-dealkylation sites (N-methyl/N-ethyl adjacent to an activating group) is 1. The third kappa shape index (κ3) is 3.85. The molecule has 0 aromatic heterocycles. The van der Waals surface area contributed by atoms with Gasteiger partial charge in [-0.2, -0.15) is 0 Å². The van der Waals surface area contributed by atoms with E-state index in [1.165, 1.54) is 19.3 Å². The number of fused-ring (bicyclic) bond motifs is 2. The number of hydrogen-bond donors (Lipinski definition) is 2. The van der Waals surface area contributed by atoms with Crippen molar-refractivity contribution in [3.05, 3.63) is 0 Å². The summed E-state index contributed by atoms with van der Waals surface area (Å²) in [4.78, 5) is 6.69. The molecular weight excluding hydrogens is 252 g/mol. The fourth-order valence-electron chi connectivity index (χ4n) is 3.04. The van der Waals surface area contributed by atoms with Crippen molar-refractivity contribution in [2.75, 3.05) is 27.2 Å². The largest absolute Gasteiger partial charge is 0.373 e. The molecule has 0 saturated carbocycles. The Kier molecular flexibility index (Phi) is 5.66. The Bertz CT molecular complexity index is 334. The van der Waals surface area contributed by atoms with E-state index in [9.17, 15) is 0 Å². The highest BCUT2D eigenvalue weighted by Gasteiger charge is 2.41. The molecule has 2 aliphatic heterocycles. The maximum absolute atomic E-state index is 5.87. The van der Waals surface area contributed by atoms with Gasteiger partial charge in [-0.15, -0.1) is 0 Å². The first-order valence-corrected chi connectivity index (χ1v) is 7.97. The Balaban J connectivity index is 1.68. The van der Waals surface area contributed by atoms with E-state index in [0.717, 1.165) is 25.5 Å². The van der Waals surface area contributed by atoms with Crippen LogP contribution in [-0.4, -0.2) is 62.3 Å². The normalized spacial score (nSPS) is 30.9. The molecule has 5 heteroatoms. The van der Waals surface area contributed by atoms with Crippen LogP contribution in [0.2, 0.25) is 0 Å². The molecule has 2 aliphatic rings. The summed E-state index contributed by atoms with van der Waals surface area (Å²) < 4.78 is 5.87. The second-order valence-corrected chi connectivity index (χ2v) is 6.10. The second-order valence-electron chi connectivity index (χ2n) is 6.10. The van der Waals surface area contributed by atoms with Crippen molar-refractivity contribution in [1.29, 1.82) is 0 Å². The highest BCUT2D eigenvalue weighted by Crippen LogP contribution is 2.34. The summed E-state index contributed by atoms with van der Waals surface area (Å²) >= 11 is 0. The van der Waals surface area contributed by atoms with Crippen molar-refractivity contribution in [3.63, 3.8) is 0 Å². The van der Waals surface area contributed by atoms with E-state index >= 15 is 0 Å². The van der Waals surface area contributed by atoms with Gasteiger partial charge in [0, 0.05) is 26.2 Å². The van der Waals surface area contributed by atoms with Crippen LogP contribution in [0.4, 0.5) is 0 Å². The van der Waals surface area contributed by atoms with Crippen molar-refractivity contribution < 1.29 is 4.74 Å². The Hall–Kier alpha value is -0.810. The molecule has 2 fully saturated rings. The molecular formula is C15H30N4O. The van der Waals surface area contributed by atoms with Crippen LogP contribution in [0.15, 0.2) is 4.99 Å². The summed E-state index contributed by atoms with van der Waals surface area (Å²) in [6.45, 7) is 6.44. The number of hydrogen-bond acceptors (Lipinski definition) is 3. The van der Waals surface area contributed by atoms with Gasteiger partial charge in [-0.25, -0.2) is 0 Å². The maximum Gasteiger partial charge on any atom is 0.191 e. The van der Waals surface area contributed by atoms with Crippen LogP contribution in [0, 0.1) is 0 Å². The summed E-state index contributed by atoms with van der Waals surface area (Å²) in [6.07, 6.45) is 5.60. The van der Waals surface area contributed by atoms with E-state index in [4.69, 9.17) is 4.74 Å². The quantitative estimate of drug-likeness (QED) is 0.568. The van der Waals surface area contributed by atoms with Gasteiger partial charge in [-0.05, 0) is 39.7 Å². The highest BCUT2D eigenvalue weighted by molar-refractivity contribution is 5.80. The molecule has 0 spiro atoms. The Morgan fingerprint density at radius 1 is 1.45 bits per heavy atom. The number of rotatable bonds is 6. The van der Waals surface area contributed by atoms with E-state index in [1.54, 1.807) is 0 Å². The summed E-state index contributed by atoms with van der Waals surface area (Å²) in [5.74, 6) is 0.906. The highest BCUT2D eigenvalue weighted by atomic mass is 16.5. The van der Waals surface area contributed by atoms with Crippen LogP contribution >= 0.6 is 0 Å². The van der Waals surface area contributed by atoms with Crippen molar-refractivity contribution in [1.82, 2.24) is 15.5 Å². The minimum absolute atomic E-state index is 0.390. The van der Waals surface area contributed by atoms with Crippen LogP contribution in [0.25, 0.3) is 0 Å². The number of aliphatic imine (C=N–C) groups is 1. The lowest BCUT2D eigenvalue weighted by molar-refractivity contribution is 0.0992. The second kappa shape index (κ2) is 7.27. The van der Waals surface area contributed by atoms with Gasteiger partial charge in [-0.1, -0.05) is 6.92 Å². The van der Waals surface area contributed by atoms with E-state index in [1.807, 2.05) is 7.05 Å². The van der Waals surface area contributed by atoms with Crippen LogP contribution in [-0.2, 0) is 4.74 Å². The maximum atomic E-state index is 5.87. The van der Waals surface area contributed by atoms with Gasteiger partial charge in [0.25, 0.3) is 0 Å². The fraction of sp³-hybridized carbons (Fsp3) is 0.933. The molecule has 2 rings (SSSR count). The van der Waals surface area contributed by atoms with Gasteiger partial charge in [0.1, 0.15) is 0 Å².